The van der Waals surface area contributed by atoms with E-state index in [1.165, 1.54) is 12.1 Å². The predicted octanol–water partition coefficient (Wildman–Crippen LogP) is 1.29. The molecule has 3 rings (SSSR count). The van der Waals surface area contributed by atoms with Crippen molar-refractivity contribution in [2.24, 2.45) is 0 Å². The van der Waals surface area contributed by atoms with E-state index >= 15 is 0 Å². The number of hydrogen-bond acceptors (Lipinski definition) is 4. The number of rotatable bonds is 4. The zero-order valence-corrected chi connectivity index (χ0v) is 13.9. The molecule has 128 valence electrons. The fourth-order valence-electron chi connectivity index (χ4n) is 2.94. The highest BCUT2D eigenvalue weighted by atomic mass is 19.1. The minimum absolute atomic E-state index is 0.0301. The number of likely N-dealkylation sites (N-methyl/N-ethyl adjacent to an activating group) is 1. The molecule has 0 spiro atoms. The molecule has 1 aliphatic rings. The number of benzene rings is 1. The first-order valence-corrected chi connectivity index (χ1v) is 8.02. The summed E-state index contributed by atoms with van der Waals surface area (Å²) in [7, 11) is 1.78. The molecule has 0 radical (unpaired) electrons. The van der Waals surface area contributed by atoms with E-state index in [4.69, 9.17) is 0 Å². The second kappa shape index (κ2) is 7.00. The van der Waals surface area contributed by atoms with E-state index < -0.39 is 0 Å². The van der Waals surface area contributed by atoms with Crippen molar-refractivity contribution in [1.82, 2.24) is 20.4 Å². The van der Waals surface area contributed by atoms with Crippen molar-refractivity contribution in [3.05, 3.63) is 47.5 Å². The number of piperazine rings is 1. The topological polar surface area (TPSA) is 64.3 Å². The molecular weight excluding hydrogens is 309 g/mol. The van der Waals surface area contributed by atoms with Crippen molar-refractivity contribution < 1.29 is 9.18 Å². The van der Waals surface area contributed by atoms with Crippen LogP contribution in [-0.2, 0) is 11.3 Å². The number of nitrogens with zero attached hydrogens (tertiary/aromatic N) is 3. The number of carbonyl (C=O) groups is 1. The minimum atomic E-state index is -0.283. The Bertz CT molecular complexity index is 699. The van der Waals surface area contributed by atoms with E-state index in [9.17, 15) is 9.18 Å². The molecule has 1 fully saturated rings. The minimum Gasteiger partial charge on any atom is -0.368 e. The number of hydrogen-bond donors (Lipinski definition) is 2. The Morgan fingerprint density at radius 2 is 2.17 bits per heavy atom. The number of amides is 1. The molecular formula is C17H22FN5O. The van der Waals surface area contributed by atoms with Crippen LogP contribution in [0.2, 0.25) is 0 Å². The lowest BCUT2D eigenvalue weighted by atomic mass is 10.1. The van der Waals surface area contributed by atoms with Gasteiger partial charge in [-0.15, -0.1) is 0 Å². The van der Waals surface area contributed by atoms with Crippen LogP contribution < -0.4 is 10.2 Å². The average molecular weight is 331 g/mol. The molecule has 0 unspecified atom stereocenters. The van der Waals surface area contributed by atoms with Crippen LogP contribution in [0.3, 0.4) is 0 Å². The van der Waals surface area contributed by atoms with Crippen LogP contribution in [0.25, 0.3) is 0 Å². The number of nitrogens with one attached hydrogen (secondary N) is 2. The van der Waals surface area contributed by atoms with E-state index in [1.54, 1.807) is 24.1 Å². The summed E-state index contributed by atoms with van der Waals surface area (Å²) in [6.07, 6.45) is 0. The highest BCUT2D eigenvalue weighted by molar-refractivity contribution is 5.82. The van der Waals surface area contributed by atoms with E-state index in [0.29, 0.717) is 19.6 Å². The normalized spacial score (nSPS) is 17.8. The molecule has 24 heavy (non-hydrogen) atoms. The van der Waals surface area contributed by atoms with Gasteiger partial charge in [0.05, 0.1) is 12.2 Å². The van der Waals surface area contributed by atoms with E-state index in [-0.39, 0.29) is 17.8 Å². The van der Waals surface area contributed by atoms with Crippen LogP contribution in [0.5, 0.6) is 0 Å². The van der Waals surface area contributed by atoms with E-state index in [2.05, 4.69) is 20.4 Å². The van der Waals surface area contributed by atoms with Crippen LogP contribution >= 0.6 is 0 Å². The van der Waals surface area contributed by atoms with Crippen molar-refractivity contribution in [3.63, 3.8) is 0 Å². The maximum Gasteiger partial charge on any atom is 0.241 e. The summed E-state index contributed by atoms with van der Waals surface area (Å²) in [6.45, 7) is 4.47. The van der Waals surface area contributed by atoms with Gasteiger partial charge in [-0.25, -0.2) is 4.39 Å². The predicted molar refractivity (Wildman–Crippen MR) is 90.2 cm³/mol. The smallest absolute Gasteiger partial charge is 0.241 e. The van der Waals surface area contributed by atoms with Crippen LogP contribution in [0.15, 0.2) is 30.3 Å². The van der Waals surface area contributed by atoms with Crippen molar-refractivity contribution in [2.45, 2.75) is 19.5 Å². The number of anilines is 1. The number of aromatic amines is 1. The van der Waals surface area contributed by atoms with Crippen molar-refractivity contribution in [3.8, 4) is 0 Å². The average Bonchev–Trinajstić information content (AvgIpc) is 3.00. The zero-order chi connectivity index (χ0) is 17.1. The molecule has 0 aliphatic carbocycles. The Morgan fingerprint density at radius 1 is 1.42 bits per heavy atom. The van der Waals surface area contributed by atoms with Crippen molar-refractivity contribution in [1.29, 1.82) is 0 Å². The molecule has 1 aromatic heterocycles. The van der Waals surface area contributed by atoms with Gasteiger partial charge in [0.1, 0.15) is 11.9 Å². The summed E-state index contributed by atoms with van der Waals surface area (Å²) in [5, 5.41) is 10.3. The third kappa shape index (κ3) is 3.73. The van der Waals surface area contributed by atoms with Gasteiger partial charge in [0.15, 0.2) is 0 Å². The van der Waals surface area contributed by atoms with Crippen LogP contribution in [0.4, 0.5) is 10.1 Å². The zero-order valence-electron chi connectivity index (χ0n) is 13.9. The Hall–Kier alpha value is -2.41. The molecule has 6 nitrogen and oxygen atoms in total. The molecule has 0 bridgehead atoms. The highest BCUT2D eigenvalue weighted by Crippen LogP contribution is 2.17. The Labute approximate surface area is 140 Å². The van der Waals surface area contributed by atoms with Gasteiger partial charge >= 0.3 is 0 Å². The number of carbonyl (C=O) groups excluding carboxylic acids is 1. The van der Waals surface area contributed by atoms with E-state index in [1.807, 2.05) is 13.0 Å². The number of H-pyrrole nitrogens is 1. The van der Waals surface area contributed by atoms with Crippen molar-refractivity contribution >= 4 is 11.6 Å². The largest absolute Gasteiger partial charge is 0.368 e. The van der Waals surface area contributed by atoms with Crippen LogP contribution in [-0.4, -0.2) is 53.7 Å². The first-order valence-electron chi connectivity index (χ1n) is 8.02. The molecule has 1 amide bonds. The molecule has 7 heteroatoms. The fraction of sp³-hybridized carbons (Fsp3) is 0.412. The van der Waals surface area contributed by atoms with Gasteiger partial charge in [-0.1, -0.05) is 0 Å². The SMILES string of the molecule is Cc1cc(CN(C)C(=O)[C@H]2CN(c3ccc(F)cc3)CCN2)n[nH]1. The molecule has 0 saturated carbocycles. The van der Waals surface area contributed by atoms with Gasteiger partial charge in [-0.2, -0.15) is 5.10 Å². The summed E-state index contributed by atoms with van der Waals surface area (Å²) < 4.78 is 13.1. The summed E-state index contributed by atoms with van der Waals surface area (Å²) >= 11 is 0. The van der Waals surface area contributed by atoms with Crippen LogP contribution in [0.1, 0.15) is 11.4 Å². The molecule has 1 saturated heterocycles. The maximum atomic E-state index is 13.1. The third-order valence-electron chi connectivity index (χ3n) is 4.20. The first-order chi connectivity index (χ1) is 11.5. The summed E-state index contributed by atoms with van der Waals surface area (Å²) in [5.74, 6) is -0.224. The number of aromatic nitrogens is 2. The van der Waals surface area contributed by atoms with Crippen molar-refractivity contribution in [2.75, 3.05) is 31.6 Å². The standard InChI is InChI=1S/C17H22FN5O/c1-12-9-14(21-20-12)10-22(2)17(24)16-11-23(8-7-19-16)15-5-3-13(18)4-6-15/h3-6,9,16,19H,7-8,10-11H2,1-2H3,(H,20,21)/t16-/m1/s1. The lowest BCUT2D eigenvalue weighted by molar-refractivity contribution is -0.132. The fourth-order valence-corrected chi connectivity index (χ4v) is 2.94. The molecule has 1 atom stereocenters. The Balaban J connectivity index is 1.63. The van der Waals surface area contributed by atoms with E-state index in [0.717, 1.165) is 23.6 Å². The Morgan fingerprint density at radius 3 is 2.83 bits per heavy atom. The monoisotopic (exact) mass is 331 g/mol. The molecule has 2 N–H and O–H groups in total. The van der Waals surface area contributed by atoms with Gasteiger partial charge in [-0.05, 0) is 37.3 Å². The van der Waals surface area contributed by atoms with Gasteiger partial charge in [0, 0.05) is 38.1 Å². The van der Waals surface area contributed by atoms with Gasteiger partial charge in [-0.3, -0.25) is 9.89 Å². The maximum absolute atomic E-state index is 13.1. The second-order valence-corrected chi connectivity index (χ2v) is 6.17. The summed E-state index contributed by atoms with van der Waals surface area (Å²) in [4.78, 5) is 16.5. The number of halogens is 1. The lowest BCUT2D eigenvalue weighted by Crippen LogP contribution is -2.57. The summed E-state index contributed by atoms with van der Waals surface area (Å²) in [5.41, 5.74) is 2.75. The number of aryl methyl sites for hydroxylation is 1. The quantitative estimate of drug-likeness (QED) is 0.886. The highest BCUT2D eigenvalue weighted by Gasteiger charge is 2.28. The first kappa shape index (κ1) is 16.4. The molecule has 2 aromatic rings. The molecule has 2 heterocycles. The van der Waals surface area contributed by atoms with Gasteiger partial charge in [0.25, 0.3) is 0 Å². The lowest BCUT2D eigenvalue weighted by Gasteiger charge is -2.36. The third-order valence-corrected chi connectivity index (χ3v) is 4.20. The second-order valence-electron chi connectivity index (χ2n) is 6.17. The molecule has 1 aliphatic heterocycles. The molecule has 1 aromatic carbocycles. The van der Waals surface area contributed by atoms with Gasteiger partial charge in [0.2, 0.25) is 5.91 Å². The van der Waals surface area contributed by atoms with Gasteiger partial charge < -0.3 is 15.1 Å². The Kier molecular flexibility index (Phi) is 4.80. The summed E-state index contributed by atoms with van der Waals surface area (Å²) in [6, 6.07) is 8.04. The van der Waals surface area contributed by atoms with Crippen LogP contribution in [0, 0.1) is 12.7 Å².